The van der Waals surface area contributed by atoms with Crippen molar-refractivity contribution in [1.82, 2.24) is 24.5 Å². The predicted octanol–water partition coefficient (Wildman–Crippen LogP) is 18.3. The molecule has 5 unspecified atom stereocenters. The number of hydrogen-bond donors (Lipinski definition) is 0. The highest BCUT2D eigenvalue weighted by molar-refractivity contribution is 5.40. The molecule has 0 radical (unpaired) electrons. The van der Waals surface area contributed by atoms with Crippen LogP contribution in [0.3, 0.4) is 0 Å². The maximum atomic E-state index is 8.27. The molecule has 0 N–H and O–H groups in total. The molecule has 5 atom stereocenters. The van der Waals surface area contributed by atoms with Crippen LogP contribution in [0.1, 0.15) is 184 Å². The first-order valence-corrected chi connectivity index (χ1v) is 30.9. The van der Waals surface area contributed by atoms with Gasteiger partial charge in [-0.15, -0.1) is 0 Å². The Kier molecular flexibility index (Phi) is 15.8. The molecule has 0 bridgehead atoms. The normalized spacial score (nSPS) is 21.3. The van der Waals surface area contributed by atoms with Crippen LogP contribution >= 0.6 is 0 Å². The molecule has 10 nitrogen and oxygen atoms in total. The fourth-order valence-electron chi connectivity index (χ4n) is 9.03. The third-order valence-corrected chi connectivity index (χ3v) is 14.0. The van der Waals surface area contributed by atoms with Crippen LogP contribution in [0.15, 0.2) is 272 Å². The van der Waals surface area contributed by atoms with Gasteiger partial charge in [-0.3, -0.25) is 0 Å². The number of hydrogen-bond acceptors (Lipinski definition) is 10. The molecule has 0 aromatic heterocycles. The van der Waals surface area contributed by atoms with E-state index in [2.05, 4.69) is 0 Å². The molecule has 0 aliphatic rings. The summed E-state index contributed by atoms with van der Waals surface area (Å²) in [5.74, 6) is 0. The molecule has 0 fully saturated rings. The van der Waals surface area contributed by atoms with Gasteiger partial charge in [0, 0.05) is 62.8 Å². The average molecular weight is 1400 g/mol. The molecule has 0 aliphatic carbocycles. The van der Waals surface area contributed by atoms with Crippen molar-refractivity contribution in [1.29, 1.82) is 0 Å². The zero-order valence-electron chi connectivity index (χ0n) is 108. The molecule has 10 heteroatoms. The zero-order chi connectivity index (χ0) is 116. The number of benzene rings is 10. The molecule has 10 rings (SSSR count). The lowest BCUT2D eigenvalue weighted by Gasteiger charge is -2.22. The minimum atomic E-state index is -3.33. The standard InChI is InChI=1S/5C18H23NO/c5*1-15-9-7-8-12-17(15)18(20-14-13-19(2)3)16-10-5-4-6-11-16/h5*4-12,18H,13-14H2,1-3H3/i2D3,3D3,4D,5D,6D,10D,11D,14D2;2D3,3D3,4D,5D,6D,10D,11D,13D2;2D3,3D3,4D,5D,6D,10D,11D;4D,5D,6D,10D,11D,14D2;4D,5D,6D,10D,11D,13D2. The Hall–Kier alpha value is -8.20. The fraction of sp³-hybridized carbons (Fsp3) is 0.333. The average Bonchev–Trinajstić information content (AvgIpc) is 0.767. The summed E-state index contributed by atoms with van der Waals surface area (Å²) >= 11 is 0. The van der Waals surface area contributed by atoms with E-state index >= 15 is 0 Å². The van der Waals surface area contributed by atoms with Gasteiger partial charge in [0.1, 0.15) is 30.5 Å². The molecule has 0 spiro atoms. The number of aryl methyl sites for hydroxylation is 5. The van der Waals surface area contributed by atoms with Gasteiger partial charge < -0.3 is 48.2 Å². The molecular weight excluding hydrogens is 1230 g/mol. The van der Waals surface area contributed by atoms with E-state index in [1.807, 2.05) is 38.1 Å². The highest BCUT2D eigenvalue weighted by Crippen LogP contribution is 2.33. The second-order valence-corrected chi connectivity index (χ2v) is 21.9. The van der Waals surface area contributed by atoms with E-state index < -0.39 is 257 Å². The summed E-state index contributed by atoms with van der Waals surface area (Å²) in [7, 11) is 6.57. The highest BCUT2D eigenvalue weighted by Gasteiger charge is 2.21. The number of rotatable bonds is 30. The fourth-order valence-corrected chi connectivity index (χ4v) is 9.03. The molecule has 0 saturated carbocycles. The maximum absolute atomic E-state index is 8.27. The van der Waals surface area contributed by atoms with Gasteiger partial charge in [0.25, 0.3) is 0 Å². The van der Waals surface area contributed by atoms with Crippen LogP contribution in [0, 0.1) is 34.6 Å². The SMILES string of the molecule is [2H]c1c([2H])c([2H])c(C(OC([2H])([2H])CN(C([2H])([2H])[2H])C([2H])([2H])[2H])c2ccccc2C)c([2H])c1[2H].[2H]c1c([2H])c([2H])c(C(OC([2H])([2H])CN(C)C)c2ccccc2C)c([2H])c1[2H].[2H]c1c([2H])c([2H])c(C(OCC([2H])([2H])N(C([2H])([2H])[2H])C([2H])([2H])[2H])c2ccccc2C)c([2H])c1[2H].[2H]c1c([2H])c([2H])c(C(OCC([2H])([2H])N(C)C)c2ccccc2C)c([2H])c1[2H].[2H]c1c([2H])c([2H])c(C(OCCN(C([2H])([2H])[2H])C([2H])([2H])[2H])c2ccccc2C)c([2H])c1[2H]. The first kappa shape index (κ1) is 34.6. The van der Waals surface area contributed by atoms with Crippen molar-refractivity contribution in [3.63, 3.8) is 0 Å². The second-order valence-electron chi connectivity index (χ2n) is 21.9. The maximum Gasteiger partial charge on any atom is 0.108 e. The largest absolute Gasteiger partial charge is 0.367 e. The van der Waals surface area contributed by atoms with Crippen LogP contribution in [0.4, 0.5) is 0 Å². The van der Waals surface area contributed by atoms with Crippen molar-refractivity contribution in [2.24, 2.45) is 0 Å². The Balaban J connectivity index is 0.000000288. The molecule has 10 aromatic rings. The van der Waals surface area contributed by atoms with E-state index in [0.717, 1.165) is 16.7 Å². The summed E-state index contributed by atoms with van der Waals surface area (Å²) in [4.78, 5) is 3.07. The summed E-state index contributed by atoms with van der Waals surface area (Å²) in [5, 5.41) is 0. The summed E-state index contributed by atoms with van der Waals surface area (Å²) in [6, 6.07) is 21.2. The van der Waals surface area contributed by atoms with Gasteiger partial charge in [-0.1, -0.05) is 272 Å². The highest BCUT2D eigenvalue weighted by atomic mass is 16.5. The van der Waals surface area contributed by atoms with Crippen LogP contribution in [-0.4, -0.2) is 160 Å². The first-order valence-electron chi connectivity index (χ1n) is 56.4. The molecule has 530 valence electrons. The second kappa shape index (κ2) is 45.5. The van der Waals surface area contributed by atoms with E-state index in [0.29, 0.717) is 38.3 Å². The summed E-state index contributed by atoms with van der Waals surface area (Å²) in [5.41, 5.74) is 4.99. The number of nitrogens with zero attached hydrogens (tertiary/aromatic N) is 5. The lowest BCUT2D eigenvalue weighted by atomic mass is 9.97. The van der Waals surface area contributed by atoms with Gasteiger partial charge in [0.15, 0.2) is 0 Å². The van der Waals surface area contributed by atoms with Crippen molar-refractivity contribution >= 4 is 0 Å². The molecular formula is C90H115N5O5. The molecule has 0 heterocycles. The van der Waals surface area contributed by atoms with Gasteiger partial charge in [0.05, 0.1) is 72.7 Å². The van der Waals surface area contributed by atoms with Gasteiger partial charge in [0.2, 0.25) is 0 Å². The van der Waals surface area contributed by atoms with Gasteiger partial charge in [-0.25, -0.2) is 0 Å². The van der Waals surface area contributed by atoms with Crippen LogP contribution in [-0.2, 0) is 23.7 Å². The monoisotopic (exact) mass is 1400 g/mol. The molecule has 0 amide bonds. The van der Waals surface area contributed by atoms with Crippen molar-refractivity contribution < 1.29 is 93.6 Å². The Morgan fingerprint density at radius 2 is 0.510 bits per heavy atom. The van der Waals surface area contributed by atoms with Crippen molar-refractivity contribution in [2.45, 2.75) is 65.1 Å². The van der Waals surface area contributed by atoms with Crippen LogP contribution < -0.4 is 0 Å². The Bertz CT molecular complexity index is 6220. The van der Waals surface area contributed by atoms with Crippen molar-refractivity contribution in [2.75, 3.05) is 136 Å². The van der Waals surface area contributed by atoms with E-state index in [1.165, 1.54) is 11.0 Å². The minimum absolute atomic E-state index is 0.00312. The summed E-state index contributed by atoms with van der Waals surface area (Å²) in [6.45, 7) is -23.3. The quantitative estimate of drug-likeness (QED) is 0.0435. The summed E-state index contributed by atoms with van der Waals surface area (Å²) in [6.07, 6.45) is -6.20. The molecule has 0 saturated heterocycles. The van der Waals surface area contributed by atoms with Gasteiger partial charge in [-0.05, 0) is 188 Å². The van der Waals surface area contributed by atoms with Crippen LogP contribution in [0.5, 0.6) is 0 Å². The Morgan fingerprint density at radius 1 is 0.280 bits per heavy atom. The van der Waals surface area contributed by atoms with Gasteiger partial charge >= 0.3 is 0 Å². The van der Waals surface area contributed by atoms with Gasteiger partial charge in [-0.2, -0.15) is 0 Å². The number of ether oxygens (including phenoxy) is 5. The lowest BCUT2D eigenvalue weighted by molar-refractivity contribution is 0.0682. The summed E-state index contributed by atoms with van der Waals surface area (Å²) < 4.78 is 429. The number of likely N-dealkylation sites (N-methyl/N-ethyl adjacent to an activating group) is 5. The topological polar surface area (TPSA) is 62.4 Å². The first-order chi connectivity index (χ1) is 68.9. The minimum Gasteiger partial charge on any atom is -0.367 e. The van der Waals surface area contributed by atoms with Crippen molar-refractivity contribution in [3.05, 3.63) is 356 Å². The van der Waals surface area contributed by atoms with E-state index in [9.17, 15) is 0 Å². The van der Waals surface area contributed by atoms with Crippen molar-refractivity contribution in [3.8, 4) is 0 Å². The Labute approximate surface area is 674 Å². The molecule has 0 aliphatic heterocycles. The molecule has 100 heavy (non-hydrogen) atoms. The van der Waals surface area contributed by atoms with E-state index in [1.54, 1.807) is 145 Å². The lowest BCUT2D eigenvalue weighted by Crippen LogP contribution is -2.20. The van der Waals surface area contributed by atoms with Crippen LogP contribution in [0.25, 0.3) is 0 Å². The van der Waals surface area contributed by atoms with Crippen LogP contribution in [0.2, 0.25) is 0 Å². The molecule has 10 aromatic carbocycles. The predicted molar refractivity (Wildman–Crippen MR) is 420 cm³/mol. The third kappa shape index (κ3) is 28.8. The Morgan fingerprint density at radius 3 is 0.760 bits per heavy atom. The van der Waals surface area contributed by atoms with E-state index in [4.69, 9.17) is 93.6 Å². The zero-order valence-corrected chi connectivity index (χ0v) is 57.0. The van der Waals surface area contributed by atoms with E-state index in [-0.39, 0.29) is 75.0 Å². The third-order valence-electron chi connectivity index (χ3n) is 14.0. The smallest absolute Gasteiger partial charge is 0.108 e.